The number of hydrogen-bond donors (Lipinski definition) is 1. The molecule has 1 aromatic heterocycles. The minimum Gasteiger partial charge on any atom is -0.497 e. The number of anilines is 1. The predicted octanol–water partition coefficient (Wildman–Crippen LogP) is 2.25. The fraction of sp³-hybridized carbons (Fsp3) is 0.154. The molecule has 0 aliphatic rings. The van der Waals surface area contributed by atoms with Gasteiger partial charge in [0, 0.05) is 6.20 Å². The summed E-state index contributed by atoms with van der Waals surface area (Å²) in [5.74, 6) is 1.56. The molecule has 0 saturated heterocycles. The lowest BCUT2D eigenvalue weighted by Crippen LogP contribution is -2.02. The van der Waals surface area contributed by atoms with Crippen molar-refractivity contribution in [3.8, 4) is 11.5 Å². The highest BCUT2D eigenvalue weighted by Gasteiger charge is 2.01. The zero-order chi connectivity index (χ0) is 12.1. The number of rotatable bonds is 4. The van der Waals surface area contributed by atoms with E-state index >= 15 is 0 Å². The number of nitrogens with two attached hydrogens (primary N) is 1. The van der Waals surface area contributed by atoms with E-state index in [9.17, 15) is 0 Å². The molecule has 2 rings (SSSR count). The smallest absolute Gasteiger partial charge is 0.132 e. The second-order valence-corrected chi connectivity index (χ2v) is 3.50. The molecule has 0 amide bonds. The van der Waals surface area contributed by atoms with Gasteiger partial charge in [-0.3, -0.25) is 4.98 Å². The fourth-order valence-electron chi connectivity index (χ4n) is 1.39. The van der Waals surface area contributed by atoms with Gasteiger partial charge in [0.05, 0.1) is 12.8 Å². The maximum absolute atomic E-state index is 5.77. The molecule has 2 aromatic rings. The molecule has 0 atom stereocenters. The summed E-state index contributed by atoms with van der Waals surface area (Å²) in [5, 5.41) is 0. The average Bonchev–Trinajstić information content (AvgIpc) is 2.38. The Kier molecular flexibility index (Phi) is 3.45. The van der Waals surface area contributed by atoms with Crippen LogP contribution < -0.4 is 15.2 Å². The van der Waals surface area contributed by atoms with Gasteiger partial charge in [-0.1, -0.05) is 0 Å². The molecule has 0 saturated carbocycles. The highest BCUT2D eigenvalue weighted by Crippen LogP contribution is 2.18. The Morgan fingerprint density at radius 2 is 1.82 bits per heavy atom. The Morgan fingerprint density at radius 3 is 2.47 bits per heavy atom. The molecule has 17 heavy (non-hydrogen) atoms. The van der Waals surface area contributed by atoms with Gasteiger partial charge in [0.25, 0.3) is 0 Å². The molecule has 0 unspecified atom stereocenters. The number of ether oxygens (including phenoxy) is 2. The Bertz CT molecular complexity index is 483. The van der Waals surface area contributed by atoms with Crippen LogP contribution in [-0.4, -0.2) is 12.1 Å². The van der Waals surface area contributed by atoms with Crippen molar-refractivity contribution in [3.63, 3.8) is 0 Å². The molecular weight excluding hydrogens is 216 g/mol. The van der Waals surface area contributed by atoms with Gasteiger partial charge in [-0.05, 0) is 36.4 Å². The van der Waals surface area contributed by atoms with Gasteiger partial charge in [-0.25, -0.2) is 0 Å². The minimum absolute atomic E-state index is 0.360. The number of nitrogen functional groups attached to an aromatic ring is 1. The third-order valence-electron chi connectivity index (χ3n) is 2.36. The third kappa shape index (κ3) is 2.87. The van der Waals surface area contributed by atoms with Gasteiger partial charge >= 0.3 is 0 Å². The molecule has 1 aromatic carbocycles. The van der Waals surface area contributed by atoms with E-state index in [0.29, 0.717) is 12.3 Å². The second kappa shape index (κ2) is 5.21. The molecule has 0 bridgehead atoms. The van der Waals surface area contributed by atoms with Crippen LogP contribution in [0.2, 0.25) is 0 Å². The van der Waals surface area contributed by atoms with Crippen molar-refractivity contribution in [2.24, 2.45) is 0 Å². The molecular formula is C13H14N2O2. The van der Waals surface area contributed by atoms with Crippen LogP contribution in [0.25, 0.3) is 0 Å². The van der Waals surface area contributed by atoms with Crippen molar-refractivity contribution in [1.82, 2.24) is 4.98 Å². The van der Waals surface area contributed by atoms with Crippen LogP contribution in [0.3, 0.4) is 0 Å². The Labute approximate surface area is 100 Å². The highest BCUT2D eigenvalue weighted by atomic mass is 16.5. The predicted molar refractivity (Wildman–Crippen MR) is 66.0 cm³/mol. The van der Waals surface area contributed by atoms with Crippen molar-refractivity contribution >= 4 is 5.69 Å². The van der Waals surface area contributed by atoms with Crippen LogP contribution in [0.4, 0.5) is 5.69 Å². The summed E-state index contributed by atoms with van der Waals surface area (Å²) in [5.41, 5.74) is 7.15. The molecule has 88 valence electrons. The van der Waals surface area contributed by atoms with E-state index in [-0.39, 0.29) is 0 Å². The van der Waals surface area contributed by atoms with Gasteiger partial charge in [-0.15, -0.1) is 0 Å². The van der Waals surface area contributed by atoms with Gasteiger partial charge < -0.3 is 15.2 Å². The van der Waals surface area contributed by atoms with Crippen LogP contribution in [0, 0.1) is 0 Å². The van der Waals surface area contributed by atoms with Crippen molar-refractivity contribution in [1.29, 1.82) is 0 Å². The monoisotopic (exact) mass is 230 g/mol. The summed E-state index contributed by atoms with van der Waals surface area (Å²) < 4.78 is 10.6. The third-order valence-corrected chi connectivity index (χ3v) is 2.36. The zero-order valence-corrected chi connectivity index (χ0v) is 9.59. The van der Waals surface area contributed by atoms with Gasteiger partial charge in [-0.2, -0.15) is 0 Å². The van der Waals surface area contributed by atoms with Crippen molar-refractivity contribution in [3.05, 3.63) is 48.3 Å². The van der Waals surface area contributed by atoms with Crippen molar-refractivity contribution in [2.45, 2.75) is 6.61 Å². The van der Waals surface area contributed by atoms with E-state index in [1.165, 1.54) is 0 Å². The van der Waals surface area contributed by atoms with Crippen LogP contribution in [0.5, 0.6) is 11.5 Å². The number of benzene rings is 1. The fourth-order valence-corrected chi connectivity index (χ4v) is 1.39. The molecule has 4 nitrogen and oxygen atoms in total. The summed E-state index contributed by atoms with van der Waals surface area (Å²) in [6.07, 6.45) is 1.70. The number of hydrogen-bond acceptors (Lipinski definition) is 4. The summed E-state index contributed by atoms with van der Waals surface area (Å²) in [6, 6.07) is 11.0. The summed E-state index contributed by atoms with van der Waals surface area (Å²) >= 11 is 0. The lowest BCUT2D eigenvalue weighted by molar-refractivity contribution is 0.301. The lowest BCUT2D eigenvalue weighted by atomic mass is 10.3. The largest absolute Gasteiger partial charge is 0.497 e. The van der Waals surface area contributed by atoms with Crippen LogP contribution in [0.1, 0.15) is 5.69 Å². The molecule has 2 N–H and O–H groups in total. The van der Waals surface area contributed by atoms with Gasteiger partial charge in [0.2, 0.25) is 0 Å². The topological polar surface area (TPSA) is 57.4 Å². The van der Waals surface area contributed by atoms with Gasteiger partial charge in [0.15, 0.2) is 0 Å². The average molecular weight is 230 g/mol. The first-order chi connectivity index (χ1) is 8.29. The minimum atomic E-state index is 0.360. The van der Waals surface area contributed by atoms with Crippen molar-refractivity contribution in [2.75, 3.05) is 12.8 Å². The second-order valence-electron chi connectivity index (χ2n) is 3.50. The molecule has 0 aliphatic carbocycles. The van der Waals surface area contributed by atoms with E-state index in [2.05, 4.69) is 4.98 Å². The molecule has 4 heteroatoms. The molecule has 1 heterocycles. The van der Waals surface area contributed by atoms with E-state index in [1.807, 2.05) is 24.3 Å². The van der Waals surface area contributed by atoms with E-state index in [1.54, 1.807) is 25.4 Å². The summed E-state index contributed by atoms with van der Waals surface area (Å²) in [6.45, 7) is 0.360. The number of methoxy groups -OCH3 is 1. The lowest BCUT2D eigenvalue weighted by Gasteiger charge is -2.08. The molecule has 0 fully saturated rings. The molecule has 0 spiro atoms. The van der Waals surface area contributed by atoms with Crippen LogP contribution >= 0.6 is 0 Å². The maximum Gasteiger partial charge on any atom is 0.132 e. The summed E-state index contributed by atoms with van der Waals surface area (Å²) in [7, 11) is 1.63. The van der Waals surface area contributed by atoms with Crippen LogP contribution in [0.15, 0.2) is 42.6 Å². The highest BCUT2D eigenvalue weighted by molar-refractivity contribution is 5.41. The number of aromatic nitrogens is 1. The van der Waals surface area contributed by atoms with E-state index in [0.717, 1.165) is 17.2 Å². The zero-order valence-electron chi connectivity index (χ0n) is 9.59. The first-order valence-electron chi connectivity index (χ1n) is 5.26. The Morgan fingerprint density at radius 1 is 1.12 bits per heavy atom. The summed E-state index contributed by atoms with van der Waals surface area (Å²) in [4.78, 5) is 4.15. The Hall–Kier alpha value is -2.23. The maximum atomic E-state index is 5.77. The molecule has 0 radical (unpaired) electrons. The Balaban J connectivity index is 2.00. The quantitative estimate of drug-likeness (QED) is 0.875. The number of pyridine rings is 1. The van der Waals surface area contributed by atoms with Crippen molar-refractivity contribution < 1.29 is 9.47 Å². The number of nitrogens with zero attached hydrogens (tertiary/aromatic N) is 1. The standard InChI is InChI=1S/C13H14N2O2/c1-16-10-4-6-11(7-5-10)17-9-13-12(14)3-2-8-15-13/h2-8H,9,14H2,1H3. The first-order valence-corrected chi connectivity index (χ1v) is 5.26. The first kappa shape index (κ1) is 11.3. The van der Waals surface area contributed by atoms with Gasteiger partial charge in [0.1, 0.15) is 23.8 Å². The SMILES string of the molecule is COc1ccc(OCc2ncccc2N)cc1. The van der Waals surface area contributed by atoms with Crippen LogP contribution in [-0.2, 0) is 6.61 Å². The molecule has 0 aliphatic heterocycles. The van der Waals surface area contributed by atoms with E-state index < -0.39 is 0 Å². The normalized spacial score (nSPS) is 9.94. The van der Waals surface area contributed by atoms with E-state index in [4.69, 9.17) is 15.2 Å².